The van der Waals surface area contributed by atoms with Gasteiger partial charge in [-0.2, -0.15) is 0 Å². The van der Waals surface area contributed by atoms with Gasteiger partial charge in [-0.25, -0.2) is 0 Å². The van der Waals surface area contributed by atoms with Crippen LogP contribution in [0.3, 0.4) is 0 Å². The predicted octanol–water partition coefficient (Wildman–Crippen LogP) is -1.78. The minimum absolute atomic E-state index is 0. The van der Waals surface area contributed by atoms with E-state index >= 15 is 0 Å². The monoisotopic (exact) mass is 184 g/mol. The second-order valence-electron chi connectivity index (χ2n) is 2.81. The largest absolute Gasteiger partial charge is 0.412 e. The maximum Gasteiger partial charge on any atom is 0.139 e. The van der Waals surface area contributed by atoms with Crippen LogP contribution in [0.2, 0.25) is 0 Å². The summed E-state index contributed by atoms with van der Waals surface area (Å²) in [6.07, 6.45) is 1.85. The summed E-state index contributed by atoms with van der Waals surface area (Å²) in [5, 5.41) is 8.58. The molecule has 1 aromatic rings. The van der Waals surface area contributed by atoms with E-state index in [0.717, 1.165) is 12.8 Å². The highest BCUT2D eigenvalue weighted by Crippen LogP contribution is 1.99. The van der Waals surface area contributed by atoms with Gasteiger partial charge in [0.05, 0.1) is 0 Å². The molecular weight excluding hydrogens is 167 g/mol. The maximum atomic E-state index is 8.58. The molecule has 1 aromatic carbocycles. The van der Waals surface area contributed by atoms with Gasteiger partial charge in [-0.3, -0.25) is 0 Å². The van der Waals surface area contributed by atoms with Crippen LogP contribution >= 0.6 is 0 Å². The number of aliphatic hydroxyl groups is 1. The van der Waals surface area contributed by atoms with E-state index in [-0.39, 0.29) is 17.6 Å². The Morgan fingerprint density at radius 2 is 1.62 bits per heavy atom. The van der Waals surface area contributed by atoms with Crippen molar-refractivity contribution in [3.63, 3.8) is 0 Å². The fraction of sp³-hybridized carbons (Fsp3) is 0.333. The van der Waals surface area contributed by atoms with E-state index in [1.54, 1.807) is 0 Å². The first-order valence-electron chi connectivity index (χ1n) is 3.99. The second-order valence-corrected chi connectivity index (χ2v) is 2.81. The lowest BCUT2D eigenvalue weighted by molar-refractivity contribution is 0.288. The molecule has 0 atom stereocenters. The predicted molar refractivity (Wildman–Crippen MR) is 57.3 cm³/mol. The molecule has 0 saturated carbocycles. The summed E-state index contributed by atoms with van der Waals surface area (Å²) in [5.41, 5.74) is 2.60. The fourth-order valence-corrected chi connectivity index (χ4v) is 1.04. The highest BCUT2D eigenvalue weighted by Gasteiger charge is 1.90. The number of benzene rings is 1. The molecule has 0 unspecified atom stereocenters. The lowest BCUT2D eigenvalue weighted by atomic mass is 9.94. The summed E-state index contributed by atoms with van der Waals surface area (Å²) < 4.78 is 0. The Balaban J connectivity index is 0. The zero-order valence-electron chi connectivity index (χ0n) is 7.88. The number of aliphatic hydroxyl groups excluding tert-OH is 1. The molecule has 0 aliphatic rings. The summed E-state index contributed by atoms with van der Waals surface area (Å²) >= 11 is 0. The topological polar surface area (TPSA) is 83.2 Å². The van der Waals surface area contributed by atoms with Gasteiger partial charge in [0.15, 0.2) is 0 Å². The van der Waals surface area contributed by atoms with Crippen molar-refractivity contribution in [3.8, 4) is 0 Å². The van der Waals surface area contributed by atoms with E-state index < -0.39 is 0 Å². The zero-order valence-corrected chi connectivity index (χ0v) is 7.88. The first-order valence-corrected chi connectivity index (χ1v) is 3.99. The van der Waals surface area contributed by atoms with Gasteiger partial charge in [-0.15, -0.1) is 0 Å². The molecule has 0 aromatic heterocycles. The van der Waals surface area contributed by atoms with E-state index in [1.165, 1.54) is 11.0 Å². The van der Waals surface area contributed by atoms with Crippen LogP contribution in [0.5, 0.6) is 0 Å². The van der Waals surface area contributed by atoms with Gasteiger partial charge >= 0.3 is 0 Å². The van der Waals surface area contributed by atoms with Crippen molar-refractivity contribution in [2.75, 3.05) is 6.61 Å². The van der Waals surface area contributed by atoms with Gasteiger partial charge in [0.25, 0.3) is 0 Å². The lowest BCUT2D eigenvalue weighted by Crippen LogP contribution is -2.00. The molecule has 13 heavy (non-hydrogen) atoms. The number of hydrogen-bond donors (Lipinski definition) is 1. The highest BCUT2D eigenvalue weighted by molar-refractivity contribution is 6.32. The van der Waals surface area contributed by atoms with Crippen molar-refractivity contribution >= 4 is 13.3 Å². The Labute approximate surface area is 79.4 Å². The van der Waals surface area contributed by atoms with Crippen LogP contribution in [0, 0.1) is 0 Å². The van der Waals surface area contributed by atoms with E-state index in [1.807, 2.05) is 0 Å². The van der Waals surface area contributed by atoms with Crippen molar-refractivity contribution in [2.24, 2.45) is 0 Å². The van der Waals surface area contributed by atoms with Gasteiger partial charge in [-0.05, 0) is 18.4 Å². The number of aryl methyl sites for hydroxylation is 1. The van der Waals surface area contributed by atoms with Gasteiger partial charge in [0.2, 0.25) is 0 Å². The fourth-order valence-electron chi connectivity index (χ4n) is 1.04. The third-order valence-corrected chi connectivity index (χ3v) is 1.74. The van der Waals surface area contributed by atoms with Crippen LogP contribution in [0.15, 0.2) is 24.3 Å². The molecule has 0 radical (unpaired) electrons. The van der Waals surface area contributed by atoms with Crippen molar-refractivity contribution in [1.29, 1.82) is 0 Å². The van der Waals surface area contributed by atoms with Crippen LogP contribution in [0.4, 0.5) is 0 Å². The minimum atomic E-state index is 0. The van der Waals surface area contributed by atoms with Gasteiger partial charge in [0.1, 0.15) is 7.85 Å². The highest BCUT2D eigenvalue weighted by atomic mass is 16.2. The van der Waals surface area contributed by atoms with Gasteiger partial charge in [0, 0.05) is 6.61 Å². The van der Waals surface area contributed by atoms with Crippen molar-refractivity contribution in [3.05, 3.63) is 29.8 Å². The molecule has 0 fully saturated rings. The average Bonchev–Trinajstić information content (AvgIpc) is 2.04. The lowest BCUT2D eigenvalue weighted by Gasteiger charge is -1.98. The third kappa shape index (κ3) is 5.41. The van der Waals surface area contributed by atoms with Crippen LogP contribution in [-0.2, 0) is 6.42 Å². The normalized spacial score (nSPS) is 8.38. The Kier molecular flexibility index (Phi) is 8.80. The molecule has 5 N–H and O–H groups in total. The molecule has 0 saturated heterocycles. The summed E-state index contributed by atoms with van der Waals surface area (Å²) in [7, 11) is 2.08. The van der Waals surface area contributed by atoms with Crippen LogP contribution in [-0.4, -0.2) is 30.5 Å². The zero-order chi connectivity index (χ0) is 8.10. The first-order chi connectivity index (χ1) is 5.33. The SMILES string of the molecule is Bc1ccc(CCCO)cc1.O.O. The van der Waals surface area contributed by atoms with E-state index in [9.17, 15) is 0 Å². The quantitative estimate of drug-likeness (QED) is 0.553. The molecule has 0 heterocycles. The van der Waals surface area contributed by atoms with Crippen LogP contribution < -0.4 is 5.46 Å². The molecule has 0 aliphatic carbocycles. The molecule has 0 bridgehead atoms. The molecule has 0 aliphatic heterocycles. The van der Waals surface area contributed by atoms with E-state index in [4.69, 9.17) is 5.11 Å². The third-order valence-electron chi connectivity index (χ3n) is 1.74. The smallest absolute Gasteiger partial charge is 0.139 e. The van der Waals surface area contributed by atoms with Crippen molar-refractivity contribution in [1.82, 2.24) is 0 Å². The number of hydrogen-bond acceptors (Lipinski definition) is 1. The Morgan fingerprint density at radius 3 is 2.08 bits per heavy atom. The Hall–Kier alpha value is -0.835. The number of rotatable bonds is 3. The van der Waals surface area contributed by atoms with Crippen LogP contribution in [0.25, 0.3) is 0 Å². The van der Waals surface area contributed by atoms with E-state index in [2.05, 4.69) is 32.1 Å². The Bertz CT molecular complexity index is 211. The van der Waals surface area contributed by atoms with Crippen molar-refractivity contribution in [2.45, 2.75) is 12.8 Å². The van der Waals surface area contributed by atoms with Gasteiger partial charge < -0.3 is 16.1 Å². The molecule has 74 valence electrons. The van der Waals surface area contributed by atoms with E-state index in [0.29, 0.717) is 0 Å². The summed E-state index contributed by atoms with van der Waals surface area (Å²) in [4.78, 5) is 0. The molecule has 0 amide bonds. The van der Waals surface area contributed by atoms with Crippen LogP contribution in [0.1, 0.15) is 12.0 Å². The van der Waals surface area contributed by atoms with Crippen molar-refractivity contribution < 1.29 is 16.1 Å². The molecule has 3 nitrogen and oxygen atoms in total. The standard InChI is InChI=1S/C9H13BO.2H2O/c10-9-5-3-8(4-6-9)2-1-7-11;;/h3-6,11H,1-2,7,10H2;2*1H2. The molecular formula is C9H17BO3. The minimum Gasteiger partial charge on any atom is -0.412 e. The summed E-state index contributed by atoms with van der Waals surface area (Å²) in [5.74, 6) is 0. The maximum absolute atomic E-state index is 8.58. The first kappa shape index (κ1) is 14.7. The Morgan fingerprint density at radius 1 is 1.08 bits per heavy atom. The molecule has 1 rings (SSSR count). The van der Waals surface area contributed by atoms with Gasteiger partial charge in [-0.1, -0.05) is 29.7 Å². The molecule has 0 spiro atoms. The summed E-state index contributed by atoms with van der Waals surface area (Å²) in [6, 6.07) is 8.44. The molecule has 4 heteroatoms. The summed E-state index contributed by atoms with van der Waals surface area (Å²) in [6.45, 7) is 0.286. The average molecular weight is 184 g/mol. The second kappa shape index (κ2) is 7.80.